The number of carbonyl (C=O) groups is 1. The molecule has 0 bridgehead atoms. The maximum Gasteiger partial charge on any atom is 0.261 e. The Hall–Kier alpha value is -2.86. The van der Waals surface area contributed by atoms with Crippen LogP contribution < -0.4 is 10.1 Å². The first kappa shape index (κ1) is 21.8. The van der Waals surface area contributed by atoms with Crippen LogP contribution in [0.25, 0.3) is 11.4 Å². The Labute approximate surface area is 181 Å². The highest BCUT2D eigenvalue weighted by Crippen LogP contribution is 2.25. The monoisotopic (exact) mass is 427 g/mol. The van der Waals surface area contributed by atoms with Crippen molar-refractivity contribution in [1.29, 1.82) is 0 Å². The van der Waals surface area contributed by atoms with Gasteiger partial charge in [0, 0.05) is 10.6 Å². The minimum Gasteiger partial charge on any atom is -0.481 e. The summed E-state index contributed by atoms with van der Waals surface area (Å²) in [5.74, 6) is 1.19. The zero-order valence-electron chi connectivity index (χ0n) is 17.6. The number of aromatic nitrogens is 2. The van der Waals surface area contributed by atoms with Gasteiger partial charge < -0.3 is 14.6 Å². The van der Waals surface area contributed by atoms with Crippen LogP contribution in [0.3, 0.4) is 0 Å². The van der Waals surface area contributed by atoms with Crippen LogP contribution in [-0.4, -0.2) is 22.2 Å². The Balaban J connectivity index is 1.57. The number of ether oxygens (including phenoxy) is 1. The molecule has 3 aromatic rings. The van der Waals surface area contributed by atoms with Gasteiger partial charge in [0.05, 0.1) is 6.54 Å². The van der Waals surface area contributed by atoms with E-state index in [4.69, 9.17) is 20.9 Å². The summed E-state index contributed by atoms with van der Waals surface area (Å²) in [6, 6.07) is 15.0. The molecule has 158 valence electrons. The van der Waals surface area contributed by atoms with Crippen molar-refractivity contribution in [3.05, 3.63) is 65.0 Å². The molecule has 0 saturated heterocycles. The second-order valence-corrected chi connectivity index (χ2v) is 8.46. The van der Waals surface area contributed by atoms with E-state index >= 15 is 0 Å². The zero-order chi connectivity index (χ0) is 21.7. The topological polar surface area (TPSA) is 77.2 Å². The molecule has 3 rings (SSSR count). The molecular weight excluding hydrogens is 402 g/mol. The maximum absolute atomic E-state index is 12.6. The molecule has 1 N–H and O–H groups in total. The van der Waals surface area contributed by atoms with Gasteiger partial charge in [-0.1, -0.05) is 56.6 Å². The lowest BCUT2D eigenvalue weighted by Gasteiger charge is -2.20. The van der Waals surface area contributed by atoms with Crippen LogP contribution in [0.15, 0.2) is 53.1 Å². The zero-order valence-corrected chi connectivity index (χ0v) is 18.4. The Morgan fingerprint density at radius 2 is 1.80 bits per heavy atom. The molecule has 0 aliphatic rings. The van der Waals surface area contributed by atoms with Gasteiger partial charge in [-0.3, -0.25) is 4.79 Å². The van der Waals surface area contributed by atoms with E-state index in [1.807, 2.05) is 31.2 Å². The first-order valence-corrected chi connectivity index (χ1v) is 10.3. The summed E-state index contributed by atoms with van der Waals surface area (Å²) < 4.78 is 11.1. The molecule has 1 amide bonds. The third kappa shape index (κ3) is 5.60. The van der Waals surface area contributed by atoms with Gasteiger partial charge in [-0.2, -0.15) is 4.98 Å². The smallest absolute Gasteiger partial charge is 0.261 e. The Morgan fingerprint density at radius 3 is 2.40 bits per heavy atom. The molecule has 0 fully saturated rings. The maximum atomic E-state index is 12.6. The molecule has 2 aromatic carbocycles. The fraction of sp³-hybridized carbons (Fsp3) is 0.348. The number of hydrogen-bond acceptors (Lipinski definition) is 5. The normalized spacial score (nSPS) is 12.4. The molecule has 6 nitrogen and oxygen atoms in total. The average Bonchev–Trinajstić information content (AvgIpc) is 3.19. The molecule has 0 aliphatic heterocycles. The summed E-state index contributed by atoms with van der Waals surface area (Å²) in [5, 5.41) is 7.37. The molecule has 1 atom stereocenters. The van der Waals surface area contributed by atoms with E-state index in [1.165, 1.54) is 5.56 Å². The third-order valence-electron chi connectivity index (χ3n) is 4.65. The van der Waals surface area contributed by atoms with Gasteiger partial charge in [0.15, 0.2) is 6.10 Å². The van der Waals surface area contributed by atoms with E-state index in [-0.39, 0.29) is 17.9 Å². The first-order valence-electron chi connectivity index (χ1n) is 9.89. The summed E-state index contributed by atoms with van der Waals surface area (Å²) in [5.41, 5.74) is 2.06. The number of benzene rings is 2. The summed E-state index contributed by atoms with van der Waals surface area (Å²) in [7, 11) is 0. The van der Waals surface area contributed by atoms with Crippen LogP contribution in [0, 0.1) is 0 Å². The van der Waals surface area contributed by atoms with Crippen molar-refractivity contribution in [2.24, 2.45) is 0 Å². The molecular formula is C23H26ClN3O3. The van der Waals surface area contributed by atoms with E-state index < -0.39 is 6.10 Å². The van der Waals surface area contributed by atoms with Crippen LogP contribution in [0.5, 0.6) is 5.75 Å². The molecule has 1 heterocycles. The van der Waals surface area contributed by atoms with Crippen molar-refractivity contribution in [2.45, 2.75) is 52.2 Å². The Bertz CT molecular complexity index is 976. The molecule has 0 aliphatic carbocycles. The number of rotatable bonds is 7. The molecule has 1 unspecified atom stereocenters. The number of nitrogens with one attached hydrogen (secondary N) is 1. The standard InChI is InChI=1S/C23H26ClN3O3/c1-5-19(29-18-12-8-16(9-13-18)23(2,3)4)22(28)25-14-20-26-21(27-30-20)15-6-10-17(24)11-7-15/h6-13,19H,5,14H2,1-4H3,(H,25,28). The second kappa shape index (κ2) is 9.30. The van der Waals surface area contributed by atoms with E-state index in [9.17, 15) is 4.79 Å². The molecule has 0 radical (unpaired) electrons. The molecule has 30 heavy (non-hydrogen) atoms. The van der Waals surface area contributed by atoms with E-state index in [0.717, 1.165) is 5.56 Å². The van der Waals surface area contributed by atoms with Crippen molar-refractivity contribution >= 4 is 17.5 Å². The van der Waals surface area contributed by atoms with Crippen LogP contribution in [0.4, 0.5) is 0 Å². The largest absolute Gasteiger partial charge is 0.481 e. The predicted octanol–water partition coefficient (Wildman–Crippen LogP) is 5.16. The van der Waals surface area contributed by atoms with Crippen molar-refractivity contribution < 1.29 is 14.1 Å². The quantitative estimate of drug-likeness (QED) is 0.563. The summed E-state index contributed by atoms with van der Waals surface area (Å²) in [4.78, 5) is 16.9. The lowest BCUT2D eigenvalue weighted by atomic mass is 9.87. The number of amides is 1. The van der Waals surface area contributed by atoms with Crippen LogP contribution in [-0.2, 0) is 16.8 Å². The molecule has 0 spiro atoms. The Morgan fingerprint density at radius 1 is 1.13 bits per heavy atom. The van der Waals surface area contributed by atoms with Crippen molar-refractivity contribution in [2.75, 3.05) is 0 Å². The number of hydrogen-bond donors (Lipinski definition) is 1. The minimum atomic E-state index is -0.607. The van der Waals surface area contributed by atoms with Crippen LogP contribution in [0.2, 0.25) is 5.02 Å². The van der Waals surface area contributed by atoms with Gasteiger partial charge in [-0.15, -0.1) is 0 Å². The van der Waals surface area contributed by atoms with E-state index in [1.54, 1.807) is 24.3 Å². The number of carbonyl (C=O) groups excluding carboxylic acids is 1. The third-order valence-corrected chi connectivity index (χ3v) is 4.90. The SMILES string of the molecule is CCC(Oc1ccc(C(C)(C)C)cc1)C(=O)NCc1nc(-c2ccc(Cl)cc2)no1. The van der Waals surface area contributed by atoms with Gasteiger partial charge in [-0.25, -0.2) is 0 Å². The lowest BCUT2D eigenvalue weighted by molar-refractivity contribution is -0.128. The van der Waals surface area contributed by atoms with Gasteiger partial charge in [0.1, 0.15) is 5.75 Å². The van der Waals surface area contributed by atoms with Crippen molar-refractivity contribution in [3.63, 3.8) is 0 Å². The average molecular weight is 428 g/mol. The van der Waals surface area contributed by atoms with Crippen LogP contribution in [0.1, 0.15) is 45.6 Å². The predicted molar refractivity (Wildman–Crippen MR) is 116 cm³/mol. The lowest BCUT2D eigenvalue weighted by Crippen LogP contribution is -2.37. The fourth-order valence-electron chi connectivity index (χ4n) is 2.84. The van der Waals surface area contributed by atoms with E-state index in [2.05, 4.69) is 36.2 Å². The van der Waals surface area contributed by atoms with Gasteiger partial charge in [-0.05, 0) is 53.8 Å². The second-order valence-electron chi connectivity index (χ2n) is 8.03. The van der Waals surface area contributed by atoms with Crippen molar-refractivity contribution in [1.82, 2.24) is 15.5 Å². The van der Waals surface area contributed by atoms with Gasteiger partial charge in [0.2, 0.25) is 11.7 Å². The first-order chi connectivity index (χ1) is 14.3. The fourth-order valence-corrected chi connectivity index (χ4v) is 2.97. The summed E-state index contributed by atoms with van der Waals surface area (Å²) >= 11 is 5.89. The minimum absolute atomic E-state index is 0.0645. The van der Waals surface area contributed by atoms with Gasteiger partial charge in [0.25, 0.3) is 5.91 Å². The molecule has 1 aromatic heterocycles. The molecule has 0 saturated carbocycles. The summed E-state index contributed by atoms with van der Waals surface area (Å²) in [6.07, 6.45) is -0.0728. The highest BCUT2D eigenvalue weighted by molar-refractivity contribution is 6.30. The Kier molecular flexibility index (Phi) is 6.77. The molecule has 7 heteroatoms. The number of nitrogens with zero attached hydrogens (tertiary/aromatic N) is 2. The highest BCUT2D eigenvalue weighted by atomic mass is 35.5. The summed E-state index contributed by atoms with van der Waals surface area (Å²) in [6.45, 7) is 8.49. The van der Waals surface area contributed by atoms with Gasteiger partial charge >= 0.3 is 0 Å². The van der Waals surface area contributed by atoms with E-state index in [0.29, 0.717) is 28.9 Å². The van der Waals surface area contributed by atoms with Crippen LogP contribution >= 0.6 is 11.6 Å². The highest BCUT2D eigenvalue weighted by Gasteiger charge is 2.20. The number of halogens is 1. The van der Waals surface area contributed by atoms with Crippen molar-refractivity contribution in [3.8, 4) is 17.1 Å².